The van der Waals surface area contributed by atoms with Crippen LogP contribution in [0.25, 0.3) is 0 Å². The van der Waals surface area contributed by atoms with Crippen molar-refractivity contribution in [3.05, 3.63) is 24.0 Å². The van der Waals surface area contributed by atoms with E-state index in [4.69, 9.17) is 0 Å². The quantitative estimate of drug-likeness (QED) is 0.866. The molecule has 2 rings (SSSR count). The number of pyridine rings is 1. The van der Waals surface area contributed by atoms with Crippen molar-refractivity contribution >= 4 is 11.6 Å². The minimum atomic E-state index is 0.128. The summed E-state index contributed by atoms with van der Waals surface area (Å²) in [5.41, 5.74) is 1.60. The molecule has 0 saturated carbocycles. The first-order valence-corrected chi connectivity index (χ1v) is 6.30. The van der Waals surface area contributed by atoms with E-state index in [0.29, 0.717) is 0 Å². The van der Waals surface area contributed by atoms with Crippen molar-refractivity contribution in [1.82, 2.24) is 9.88 Å². The maximum Gasteiger partial charge on any atom is 0.256 e. The van der Waals surface area contributed by atoms with Crippen LogP contribution in [0.4, 0.5) is 5.69 Å². The van der Waals surface area contributed by atoms with E-state index in [9.17, 15) is 4.79 Å². The number of anilines is 1. The SMILES string of the molecule is CCCNc1cnccc1C(=O)N1CCCC1. The molecule has 0 aliphatic carbocycles. The van der Waals surface area contributed by atoms with Gasteiger partial charge < -0.3 is 10.2 Å². The molecule has 1 saturated heterocycles. The van der Waals surface area contributed by atoms with E-state index in [1.165, 1.54) is 0 Å². The van der Waals surface area contributed by atoms with Crippen LogP contribution in [0, 0.1) is 0 Å². The van der Waals surface area contributed by atoms with Crippen molar-refractivity contribution in [2.24, 2.45) is 0 Å². The number of likely N-dealkylation sites (tertiary alicyclic amines) is 1. The van der Waals surface area contributed by atoms with E-state index in [-0.39, 0.29) is 5.91 Å². The smallest absolute Gasteiger partial charge is 0.256 e. The molecule has 1 aromatic rings. The molecular weight excluding hydrogens is 214 g/mol. The number of carbonyl (C=O) groups is 1. The highest BCUT2D eigenvalue weighted by molar-refractivity contribution is 5.99. The number of amides is 1. The third kappa shape index (κ3) is 2.75. The molecule has 1 aromatic heterocycles. The summed E-state index contributed by atoms with van der Waals surface area (Å²) >= 11 is 0. The lowest BCUT2D eigenvalue weighted by atomic mass is 10.2. The van der Waals surface area contributed by atoms with Gasteiger partial charge in [0.1, 0.15) is 0 Å². The highest BCUT2D eigenvalue weighted by Crippen LogP contribution is 2.18. The summed E-state index contributed by atoms with van der Waals surface area (Å²) < 4.78 is 0. The van der Waals surface area contributed by atoms with Gasteiger partial charge in [-0.25, -0.2) is 0 Å². The first-order valence-electron chi connectivity index (χ1n) is 6.30. The maximum atomic E-state index is 12.3. The molecule has 4 heteroatoms. The van der Waals surface area contributed by atoms with E-state index >= 15 is 0 Å². The number of nitrogens with zero attached hydrogens (tertiary/aromatic N) is 2. The third-order valence-electron chi connectivity index (χ3n) is 3.01. The zero-order valence-corrected chi connectivity index (χ0v) is 10.3. The molecule has 92 valence electrons. The van der Waals surface area contributed by atoms with Gasteiger partial charge in [0.2, 0.25) is 0 Å². The number of hydrogen-bond donors (Lipinski definition) is 1. The van der Waals surface area contributed by atoms with Crippen LogP contribution in [-0.2, 0) is 0 Å². The Labute approximate surface area is 102 Å². The lowest BCUT2D eigenvalue weighted by molar-refractivity contribution is 0.0793. The van der Waals surface area contributed by atoms with Crippen LogP contribution >= 0.6 is 0 Å². The van der Waals surface area contributed by atoms with Crippen molar-refractivity contribution in [3.63, 3.8) is 0 Å². The van der Waals surface area contributed by atoms with E-state index in [0.717, 1.165) is 50.1 Å². The Morgan fingerprint density at radius 3 is 2.94 bits per heavy atom. The predicted molar refractivity (Wildman–Crippen MR) is 68.2 cm³/mol. The number of hydrogen-bond acceptors (Lipinski definition) is 3. The van der Waals surface area contributed by atoms with Gasteiger partial charge in [0, 0.05) is 25.8 Å². The minimum absolute atomic E-state index is 0.128. The summed E-state index contributed by atoms with van der Waals surface area (Å²) in [5.74, 6) is 0.128. The van der Waals surface area contributed by atoms with E-state index < -0.39 is 0 Å². The van der Waals surface area contributed by atoms with Crippen molar-refractivity contribution in [2.45, 2.75) is 26.2 Å². The molecule has 1 fully saturated rings. The molecule has 17 heavy (non-hydrogen) atoms. The molecule has 0 aromatic carbocycles. The van der Waals surface area contributed by atoms with Gasteiger partial charge in [0.25, 0.3) is 5.91 Å². The number of carbonyl (C=O) groups excluding carboxylic acids is 1. The fourth-order valence-electron chi connectivity index (χ4n) is 2.07. The summed E-state index contributed by atoms with van der Waals surface area (Å²) in [5, 5.41) is 3.26. The number of aromatic nitrogens is 1. The molecule has 0 bridgehead atoms. The molecule has 0 radical (unpaired) electrons. The van der Waals surface area contributed by atoms with Gasteiger partial charge >= 0.3 is 0 Å². The van der Waals surface area contributed by atoms with E-state index in [1.54, 1.807) is 18.5 Å². The number of rotatable bonds is 4. The van der Waals surface area contributed by atoms with Gasteiger partial charge in [-0.15, -0.1) is 0 Å². The Morgan fingerprint density at radius 2 is 2.24 bits per heavy atom. The summed E-state index contributed by atoms with van der Waals surface area (Å²) in [7, 11) is 0. The summed E-state index contributed by atoms with van der Waals surface area (Å²) in [4.78, 5) is 18.3. The van der Waals surface area contributed by atoms with Crippen LogP contribution in [-0.4, -0.2) is 35.4 Å². The summed E-state index contributed by atoms with van der Waals surface area (Å²) in [6.45, 7) is 4.74. The standard InChI is InChI=1S/C13H19N3O/c1-2-6-15-12-10-14-7-5-11(12)13(17)16-8-3-4-9-16/h5,7,10,15H,2-4,6,8-9H2,1H3. The molecule has 0 atom stereocenters. The van der Waals surface area contributed by atoms with Crippen LogP contribution in [0.5, 0.6) is 0 Å². The van der Waals surface area contributed by atoms with Crippen molar-refractivity contribution in [3.8, 4) is 0 Å². The van der Waals surface area contributed by atoms with Crippen molar-refractivity contribution < 1.29 is 4.79 Å². The van der Waals surface area contributed by atoms with Gasteiger partial charge in [0.15, 0.2) is 0 Å². The second kappa shape index (κ2) is 5.66. The van der Waals surface area contributed by atoms with Crippen molar-refractivity contribution in [2.75, 3.05) is 25.0 Å². The van der Waals surface area contributed by atoms with E-state index in [2.05, 4.69) is 17.2 Å². The maximum absolute atomic E-state index is 12.3. The third-order valence-corrected chi connectivity index (χ3v) is 3.01. The van der Waals surface area contributed by atoms with Gasteiger partial charge in [-0.3, -0.25) is 9.78 Å². The van der Waals surface area contributed by atoms with Gasteiger partial charge in [-0.05, 0) is 25.3 Å². The fraction of sp³-hybridized carbons (Fsp3) is 0.538. The summed E-state index contributed by atoms with van der Waals surface area (Å²) in [6.07, 6.45) is 6.69. The zero-order valence-electron chi connectivity index (χ0n) is 10.3. The Hall–Kier alpha value is -1.58. The summed E-state index contributed by atoms with van der Waals surface area (Å²) in [6, 6.07) is 1.80. The number of nitrogens with one attached hydrogen (secondary N) is 1. The van der Waals surface area contributed by atoms with Crippen molar-refractivity contribution in [1.29, 1.82) is 0 Å². The van der Waals surface area contributed by atoms with Gasteiger partial charge in [-0.1, -0.05) is 6.92 Å². The lowest BCUT2D eigenvalue weighted by Gasteiger charge is -2.17. The topological polar surface area (TPSA) is 45.2 Å². The van der Waals surface area contributed by atoms with E-state index in [1.807, 2.05) is 4.90 Å². The van der Waals surface area contributed by atoms with Gasteiger partial charge in [0.05, 0.1) is 17.4 Å². The fourth-order valence-corrected chi connectivity index (χ4v) is 2.07. The molecule has 1 amide bonds. The van der Waals surface area contributed by atoms with Gasteiger partial charge in [-0.2, -0.15) is 0 Å². The Balaban J connectivity index is 2.15. The average molecular weight is 233 g/mol. The molecule has 2 heterocycles. The second-order valence-corrected chi connectivity index (χ2v) is 4.35. The normalized spacial score (nSPS) is 15.0. The first-order chi connectivity index (χ1) is 8.33. The molecular formula is C13H19N3O. The second-order valence-electron chi connectivity index (χ2n) is 4.35. The van der Waals surface area contributed by atoms with Crippen LogP contribution in [0.1, 0.15) is 36.5 Å². The molecule has 0 spiro atoms. The highest BCUT2D eigenvalue weighted by atomic mass is 16.2. The first kappa shape index (κ1) is 11.9. The Bertz CT molecular complexity index is 386. The van der Waals surface area contributed by atoms with Crippen LogP contribution < -0.4 is 5.32 Å². The predicted octanol–water partition coefficient (Wildman–Crippen LogP) is 2.14. The lowest BCUT2D eigenvalue weighted by Crippen LogP contribution is -2.28. The Kier molecular flexibility index (Phi) is 3.96. The molecule has 4 nitrogen and oxygen atoms in total. The molecule has 0 unspecified atom stereocenters. The minimum Gasteiger partial charge on any atom is -0.383 e. The zero-order chi connectivity index (χ0) is 12.1. The average Bonchev–Trinajstić information content (AvgIpc) is 2.89. The monoisotopic (exact) mass is 233 g/mol. The largest absolute Gasteiger partial charge is 0.383 e. The molecule has 1 aliphatic heterocycles. The van der Waals surface area contributed by atoms with Crippen LogP contribution in [0.15, 0.2) is 18.5 Å². The Morgan fingerprint density at radius 1 is 1.47 bits per heavy atom. The van der Waals surface area contributed by atoms with Crippen LogP contribution in [0.2, 0.25) is 0 Å². The highest BCUT2D eigenvalue weighted by Gasteiger charge is 2.21. The van der Waals surface area contributed by atoms with Crippen LogP contribution in [0.3, 0.4) is 0 Å². The molecule has 1 N–H and O–H groups in total. The molecule has 1 aliphatic rings.